The second-order valence-electron chi connectivity index (χ2n) is 7.69. The Labute approximate surface area is 190 Å². The summed E-state index contributed by atoms with van der Waals surface area (Å²) < 4.78 is 9.48. The number of primary amides is 1. The van der Waals surface area contributed by atoms with Gasteiger partial charge in [-0.3, -0.25) is 19.1 Å². The van der Waals surface area contributed by atoms with Crippen LogP contribution in [0.4, 0.5) is 5.82 Å². The molecule has 0 spiro atoms. The van der Waals surface area contributed by atoms with E-state index in [2.05, 4.69) is 20.3 Å². The summed E-state index contributed by atoms with van der Waals surface area (Å²) in [5.41, 5.74) is 5.32. The van der Waals surface area contributed by atoms with Crippen molar-refractivity contribution in [2.75, 3.05) is 18.4 Å². The first-order valence-corrected chi connectivity index (χ1v) is 10.9. The number of carbonyl (C=O) groups excluding carboxylic acids is 2. The highest BCUT2D eigenvalue weighted by molar-refractivity contribution is 7.71. The quantitative estimate of drug-likeness (QED) is 0.499. The fraction of sp³-hybridized carbons (Fsp3) is 0.381. The van der Waals surface area contributed by atoms with Crippen LogP contribution in [0.2, 0.25) is 0 Å². The van der Waals surface area contributed by atoms with Gasteiger partial charge in [-0.05, 0) is 49.3 Å². The van der Waals surface area contributed by atoms with Crippen LogP contribution in [0, 0.1) is 10.7 Å². The molecule has 1 aliphatic heterocycles. The van der Waals surface area contributed by atoms with Gasteiger partial charge in [-0.2, -0.15) is 0 Å². The highest BCUT2D eigenvalue weighted by atomic mass is 32.1. The first-order chi connectivity index (χ1) is 15.5. The Morgan fingerprint density at radius 3 is 2.69 bits per heavy atom. The first-order valence-electron chi connectivity index (χ1n) is 10.5. The van der Waals surface area contributed by atoms with Gasteiger partial charge in [0.1, 0.15) is 5.82 Å². The number of aromatic nitrogens is 4. The second kappa shape index (κ2) is 9.88. The van der Waals surface area contributed by atoms with E-state index in [1.165, 1.54) is 0 Å². The third-order valence-corrected chi connectivity index (χ3v) is 5.89. The van der Waals surface area contributed by atoms with Crippen molar-refractivity contribution in [3.63, 3.8) is 0 Å². The van der Waals surface area contributed by atoms with Gasteiger partial charge in [-0.25, -0.2) is 9.67 Å². The zero-order valence-corrected chi connectivity index (χ0v) is 18.3. The number of nitrogens with two attached hydrogens (primary N) is 1. The molecule has 1 fully saturated rings. The summed E-state index contributed by atoms with van der Waals surface area (Å²) in [4.78, 5) is 30.2. The molecule has 3 N–H and O–H groups in total. The van der Waals surface area contributed by atoms with Gasteiger partial charge < -0.3 is 15.5 Å². The Balaban J connectivity index is 1.40. The molecular weight excluding hydrogens is 430 g/mol. The van der Waals surface area contributed by atoms with Crippen molar-refractivity contribution < 1.29 is 14.0 Å². The van der Waals surface area contributed by atoms with Crippen molar-refractivity contribution in [3.05, 3.63) is 47.6 Å². The van der Waals surface area contributed by atoms with Gasteiger partial charge in [0.2, 0.25) is 11.8 Å². The lowest BCUT2D eigenvalue weighted by molar-refractivity contribution is -0.121. The van der Waals surface area contributed by atoms with Gasteiger partial charge in [0.05, 0.1) is 12.9 Å². The Bertz CT molecular complexity index is 1120. The van der Waals surface area contributed by atoms with Crippen molar-refractivity contribution in [3.8, 4) is 11.6 Å². The maximum atomic E-state index is 12.5. The molecule has 0 saturated carbocycles. The van der Waals surface area contributed by atoms with E-state index in [4.69, 9.17) is 22.4 Å². The molecule has 0 aromatic carbocycles. The van der Waals surface area contributed by atoms with Crippen LogP contribution in [0.3, 0.4) is 0 Å². The number of furan rings is 1. The number of hydrogen-bond donors (Lipinski definition) is 2. The van der Waals surface area contributed by atoms with Crippen molar-refractivity contribution in [2.45, 2.75) is 32.5 Å². The lowest BCUT2D eigenvalue weighted by Gasteiger charge is -2.30. The molecule has 3 aromatic heterocycles. The lowest BCUT2D eigenvalue weighted by Crippen LogP contribution is -2.39. The minimum atomic E-state index is -0.406. The van der Waals surface area contributed by atoms with Crippen LogP contribution in [0.5, 0.6) is 0 Å². The third-order valence-electron chi connectivity index (χ3n) is 5.45. The zero-order valence-electron chi connectivity index (χ0n) is 17.5. The fourth-order valence-electron chi connectivity index (χ4n) is 3.74. The maximum Gasteiger partial charge on any atom is 0.228 e. The number of likely N-dealkylation sites (tertiary alicyclic amines) is 1. The Morgan fingerprint density at radius 2 is 2.03 bits per heavy atom. The summed E-state index contributed by atoms with van der Waals surface area (Å²) in [6, 6.07) is 9.00. The normalized spacial score (nSPS) is 15.0. The number of anilines is 1. The van der Waals surface area contributed by atoms with Crippen LogP contribution >= 0.6 is 12.2 Å². The van der Waals surface area contributed by atoms with Crippen LogP contribution in [0.25, 0.3) is 11.6 Å². The van der Waals surface area contributed by atoms with Crippen molar-refractivity contribution in [1.82, 2.24) is 24.2 Å². The van der Waals surface area contributed by atoms with E-state index in [0.29, 0.717) is 35.4 Å². The second-order valence-corrected chi connectivity index (χ2v) is 8.05. The molecule has 1 aliphatic rings. The standard InChI is InChI=1S/C21H25N7O3S/c22-17(29)8-12-27-19(16-4-3-13-31-16)25-28(21(27)32)14-26-10-6-15(7-11-26)20(30)24-18-5-1-2-9-23-18/h1-5,9,13,15H,6-8,10-12,14H2,(H2,22,29)(H,23,24,30). The van der Waals surface area contributed by atoms with Crippen LogP contribution in [-0.2, 0) is 22.8 Å². The largest absolute Gasteiger partial charge is 0.461 e. The summed E-state index contributed by atoms with van der Waals surface area (Å²) in [7, 11) is 0. The van der Waals surface area contributed by atoms with Crippen LogP contribution in [0.1, 0.15) is 19.3 Å². The predicted molar refractivity (Wildman–Crippen MR) is 120 cm³/mol. The van der Waals surface area contributed by atoms with E-state index >= 15 is 0 Å². The van der Waals surface area contributed by atoms with Gasteiger partial charge in [0.15, 0.2) is 16.4 Å². The molecule has 0 atom stereocenters. The Hall–Kier alpha value is -3.31. The summed E-state index contributed by atoms with van der Waals surface area (Å²) >= 11 is 5.62. The van der Waals surface area contributed by atoms with Crippen molar-refractivity contribution >= 4 is 29.9 Å². The van der Waals surface area contributed by atoms with E-state index in [9.17, 15) is 9.59 Å². The number of pyridine rings is 1. The molecule has 4 rings (SSSR count). The lowest BCUT2D eigenvalue weighted by atomic mass is 9.96. The molecule has 3 aromatic rings. The third kappa shape index (κ3) is 5.11. The van der Waals surface area contributed by atoms with Gasteiger partial charge in [0, 0.05) is 38.2 Å². The predicted octanol–water partition coefficient (Wildman–Crippen LogP) is 2.25. The molecule has 0 bridgehead atoms. The summed E-state index contributed by atoms with van der Waals surface area (Å²) in [6.45, 7) is 2.31. The van der Waals surface area contributed by atoms with Crippen LogP contribution in [0.15, 0.2) is 47.2 Å². The highest BCUT2D eigenvalue weighted by Crippen LogP contribution is 2.22. The molecule has 10 nitrogen and oxygen atoms in total. The van der Waals surface area contributed by atoms with E-state index in [1.807, 2.05) is 12.1 Å². The molecule has 168 valence electrons. The molecule has 0 unspecified atom stereocenters. The first kappa shape index (κ1) is 21.9. The minimum absolute atomic E-state index is 0.00389. The molecule has 0 aliphatic carbocycles. The van der Waals surface area contributed by atoms with E-state index in [0.717, 1.165) is 25.9 Å². The van der Waals surface area contributed by atoms with E-state index < -0.39 is 5.91 Å². The van der Waals surface area contributed by atoms with Gasteiger partial charge in [-0.1, -0.05) is 6.07 Å². The molecule has 32 heavy (non-hydrogen) atoms. The van der Waals surface area contributed by atoms with Crippen LogP contribution in [-0.4, -0.2) is 49.1 Å². The number of nitrogens with zero attached hydrogens (tertiary/aromatic N) is 5. The summed E-state index contributed by atoms with van der Waals surface area (Å²) in [5, 5.41) is 7.52. The van der Waals surface area contributed by atoms with Gasteiger partial charge in [-0.15, -0.1) is 5.10 Å². The Morgan fingerprint density at radius 1 is 1.22 bits per heavy atom. The minimum Gasteiger partial charge on any atom is -0.461 e. The zero-order chi connectivity index (χ0) is 22.5. The van der Waals surface area contributed by atoms with E-state index in [1.54, 1.807) is 39.9 Å². The summed E-state index contributed by atoms with van der Waals surface area (Å²) in [5.74, 6) is 1.23. The molecule has 2 amide bonds. The van der Waals surface area contributed by atoms with E-state index in [-0.39, 0.29) is 18.2 Å². The van der Waals surface area contributed by atoms with Crippen LogP contribution < -0.4 is 11.1 Å². The molecule has 0 radical (unpaired) electrons. The van der Waals surface area contributed by atoms with Gasteiger partial charge >= 0.3 is 0 Å². The number of rotatable bonds is 8. The molecule has 11 heteroatoms. The summed E-state index contributed by atoms with van der Waals surface area (Å²) in [6.07, 6.45) is 4.85. The Kier molecular flexibility index (Phi) is 6.76. The maximum absolute atomic E-state index is 12.5. The van der Waals surface area contributed by atoms with Crippen molar-refractivity contribution in [2.24, 2.45) is 11.7 Å². The number of carbonyl (C=O) groups is 2. The number of piperidine rings is 1. The average molecular weight is 456 g/mol. The SMILES string of the molecule is NC(=O)CCn1c(-c2ccco2)nn(CN2CCC(C(=O)Nc3ccccn3)CC2)c1=S. The smallest absolute Gasteiger partial charge is 0.228 e. The number of nitrogens with one attached hydrogen (secondary N) is 1. The number of hydrogen-bond acceptors (Lipinski definition) is 7. The fourth-order valence-corrected chi connectivity index (χ4v) is 4.01. The van der Waals surface area contributed by atoms with Crippen molar-refractivity contribution in [1.29, 1.82) is 0 Å². The topological polar surface area (TPSA) is 124 Å². The monoisotopic (exact) mass is 455 g/mol. The molecule has 1 saturated heterocycles. The van der Waals surface area contributed by atoms with Gasteiger partial charge in [0.25, 0.3) is 0 Å². The molecular formula is C21H25N7O3S. The number of amides is 2. The highest BCUT2D eigenvalue weighted by Gasteiger charge is 2.26. The molecule has 4 heterocycles. The average Bonchev–Trinajstić information content (AvgIpc) is 3.42.